The van der Waals surface area contributed by atoms with E-state index in [1.54, 1.807) is 6.92 Å². The molecule has 8 heteroatoms. The van der Waals surface area contributed by atoms with Gasteiger partial charge in [-0.05, 0) is 13.0 Å². The summed E-state index contributed by atoms with van der Waals surface area (Å²) >= 11 is 6.06. The molecule has 2 rings (SSSR count). The van der Waals surface area contributed by atoms with Gasteiger partial charge in [-0.15, -0.1) is 0 Å². The molecule has 1 N–H and O–H groups in total. The maximum atomic E-state index is 11.9. The third kappa shape index (κ3) is 4.57. The summed E-state index contributed by atoms with van der Waals surface area (Å²) in [6.45, 7) is 2.90. The molecule has 1 atom stereocenters. The van der Waals surface area contributed by atoms with Gasteiger partial charge >= 0.3 is 5.97 Å². The zero-order valence-corrected chi connectivity index (χ0v) is 12.9. The van der Waals surface area contributed by atoms with Crippen LogP contribution >= 0.6 is 11.6 Å². The lowest BCUT2D eigenvalue weighted by Crippen LogP contribution is -2.30. The average Bonchev–Trinajstić information content (AvgIpc) is 3.00. The number of ether oxygens (including phenoxy) is 3. The lowest BCUT2D eigenvalue weighted by atomic mass is 10.2. The Morgan fingerprint density at radius 3 is 3.00 bits per heavy atom. The Hall–Kier alpha value is -1.86. The molecule has 1 amide bonds. The lowest BCUT2D eigenvalue weighted by molar-refractivity contribution is -0.141. The van der Waals surface area contributed by atoms with Crippen molar-refractivity contribution >= 4 is 23.5 Å². The zero-order chi connectivity index (χ0) is 15.9. The molecule has 0 spiro atoms. The molecule has 0 radical (unpaired) electrons. The Balaban J connectivity index is 1.92. The van der Waals surface area contributed by atoms with Crippen LogP contribution in [0.25, 0.3) is 0 Å². The van der Waals surface area contributed by atoms with E-state index in [0.29, 0.717) is 13.2 Å². The lowest BCUT2D eigenvalue weighted by Gasteiger charge is -2.12. The van der Waals surface area contributed by atoms with E-state index in [-0.39, 0.29) is 35.7 Å². The highest BCUT2D eigenvalue weighted by Gasteiger charge is 2.20. The highest BCUT2D eigenvalue weighted by molar-refractivity contribution is 6.32. The third-order valence-corrected chi connectivity index (χ3v) is 3.21. The topological polar surface area (TPSA) is 86.8 Å². The predicted molar refractivity (Wildman–Crippen MR) is 78.1 cm³/mol. The SMILES string of the molecule is CCOC(=O)CNC(=O)c1cnc(OC2CCOC2)c(Cl)c1. The van der Waals surface area contributed by atoms with Crippen molar-refractivity contribution in [1.82, 2.24) is 10.3 Å². The van der Waals surface area contributed by atoms with Gasteiger partial charge in [-0.2, -0.15) is 0 Å². The van der Waals surface area contributed by atoms with Gasteiger partial charge in [0.2, 0.25) is 5.88 Å². The van der Waals surface area contributed by atoms with Gasteiger partial charge in [-0.3, -0.25) is 9.59 Å². The van der Waals surface area contributed by atoms with E-state index in [1.807, 2.05) is 0 Å². The fraction of sp³-hybridized carbons (Fsp3) is 0.500. The molecule has 0 bridgehead atoms. The van der Waals surface area contributed by atoms with Gasteiger partial charge < -0.3 is 19.5 Å². The number of carbonyl (C=O) groups is 2. The van der Waals surface area contributed by atoms with Crippen molar-refractivity contribution in [3.8, 4) is 5.88 Å². The maximum Gasteiger partial charge on any atom is 0.325 e. The number of pyridine rings is 1. The average molecular weight is 329 g/mol. The van der Waals surface area contributed by atoms with E-state index in [1.165, 1.54) is 12.3 Å². The molecule has 22 heavy (non-hydrogen) atoms. The van der Waals surface area contributed by atoms with Gasteiger partial charge in [0.05, 0.1) is 25.4 Å². The molecule has 1 fully saturated rings. The molecule has 120 valence electrons. The molecule has 0 aliphatic carbocycles. The number of nitrogens with zero attached hydrogens (tertiary/aromatic N) is 1. The van der Waals surface area contributed by atoms with Crippen LogP contribution in [0, 0.1) is 0 Å². The van der Waals surface area contributed by atoms with E-state index >= 15 is 0 Å². The molecule has 1 aliphatic heterocycles. The molecule has 1 aromatic rings. The van der Waals surface area contributed by atoms with Crippen LogP contribution in [0.5, 0.6) is 5.88 Å². The second-order valence-corrected chi connectivity index (χ2v) is 5.01. The number of esters is 1. The van der Waals surface area contributed by atoms with Crippen molar-refractivity contribution in [3.63, 3.8) is 0 Å². The third-order valence-electron chi connectivity index (χ3n) is 2.93. The van der Waals surface area contributed by atoms with E-state index in [4.69, 9.17) is 25.8 Å². The van der Waals surface area contributed by atoms with E-state index < -0.39 is 11.9 Å². The van der Waals surface area contributed by atoms with Crippen LogP contribution in [0.1, 0.15) is 23.7 Å². The molecule has 1 unspecified atom stereocenters. The largest absolute Gasteiger partial charge is 0.471 e. The van der Waals surface area contributed by atoms with Crippen LogP contribution in [0.2, 0.25) is 5.02 Å². The number of nitrogens with one attached hydrogen (secondary N) is 1. The summed E-state index contributed by atoms with van der Waals surface area (Å²) in [4.78, 5) is 27.1. The number of hydrogen-bond acceptors (Lipinski definition) is 6. The van der Waals surface area contributed by atoms with Crippen LogP contribution in [-0.4, -0.2) is 49.3 Å². The van der Waals surface area contributed by atoms with Crippen LogP contribution in [0.15, 0.2) is 12.3 Å². The van der Waals surface area contributed by atoms with Crippen LogP contribution in [-0.2, 0) is 14.3 Å². The Bertz CT molecular complexity index is 546. The first kappa shape index (κ1) is 16.5. The summed E-state index contributed by atoms with van der Waals surface area (Å²) in [6.07, 6.45) is 2.05. The standard InChI is InChI=1S/C14H17ClN2O5/c1-2-21-12(18)7-16-13(19)9-5-11(15)14(17-6-9)22-10-3-4-20-8-10/h5-6,10H,2-4,7-8H2,1H3,(H,16,19). The van der Waals surface area contributed by atoms with Crippen LogP contribution < -0.4 is 10.1 Å². The van der Waals surface area contributed by atoms with Crippen molar-refractivity contribution in [1.29, 1.82) is 0 Å². The second kappa shape index (κ2) is 7.95. The summed E-state index contributed by atoms with van der Waals surface area (Å²) in [6, 6.07) is 1.44. The van der Waals surface area contributed by atoms with Gasteiger partial charge in [0.15, 0.2) is 0 Å². The Morgan fingerprint density at radius 2 is 2.36 bits per heavy atom. The number of halogens is 1. The van der Waals surface area contributed by atoms with Gasteiger partial charge in [0.25, 0.3) is 5.91 Å². The number of rotatable bonds is 6. The molecule has 1 aromatic heterocycles. The highest BCUT2D eigenvalue weighted by Crippen LogP contribution is 2.25. The monoisotopic (exact) mass is 328 g/mol. The Labute approximate surface area is 132 Å². The van der Waals surface area contributed by atoms with Crippen molar-refractivity contribution < 1.29 is 23.8 Å². The van der Waals surface area contributed by atoms with Gasteiger partial charge in [0, 0.05) is 12.6 Å². The van der Waals surface area contributed by atoms with Gasteiger partial charge in [0.1, 0.15) is 17.7 Å². The Kier molecular flexibility index (Phi) is 5.97. The van der Waals surface area contributed by atoms with Crippen molar-refractivity contribution in [3.05, 3.63) is 22.8 Å². The molecule has 0 saturated carbocycles. The second-order valence-electron chi connectivity index (χ2n) is 4.60. The first-order chi connectivity index (χ1) is 10.6. The van der Waals surface area contributed by atoms with Crippen LogP contribution in [0.4, 0.5) is 0 Å². The summed E-state index contributed by atoms with van der Waals surface area (Å²) in [5.74, 6) is -0.701. The fourth-order valence-electron chi connectivity index (χ4n) is 1.87. The van der Waals surface area contributed by atoms with Crippen molar-refractivity contribution in [2.75, 3.05) is 26.4 Å². The van der Waals surface area contributed by atoms with E-state index in [0.717, 1.165) is 6.42 Å². The first-order valence-electron chi connectivity index (χ1n) is 6.94. The van der Waals surface area contributed by atoms with E-state index in [2.05, 4.69) is 10.3 Å². The number of amides is 1. The quantitative estimate of drug-likeness (QED) is 0.789. The van der Waals surface area contributed by atoms with Crippen molar-refractivity contribution in [2.24, 2.45) is 0 Å². The first-order valence-corrected chi connectivity index (χ1v) is 7.31. The minimum atomic E-state index is -0.504. The molecular weight excluding hydrogens is 312 g/mol. The van der Waals surface area contributed by atoms with Gasteiger partial charge in [-0.25, -0.2) is 4.98 Å². The molecule has 0 aromatic carbocycles. The summed E-state index contributed by atoms with van der Waals surface area (Å²) < 4.78 is 15.5. The molecule has 1 aliphatic rings. The summed E-state index contributed by atoms with van der Waals surface area (Å²) in [7, 11) is 0. The normalized spacial score (nSPS) is 17.1. The number of aromatic nitrogens is 1. The zero-order valence-electron chi connectivity index (χ0n) is 12.1. The predicted octanol–water partition coefficient (Wildman–Crippen LogP) is 1.20. The highest BCUT2D eigenvalue weighted by atomic mass is 35.5. The summed E-state index contributed by atoms with van der Waals surface area (Å²) in [5.41, 5.74) is 0.240. The Morgan fingerprint density at radius 1 is 1.55 bits per heavy atom. The minimum Gasteiger partial charge on any atom is -0.471 e. The van der Waals surface area contributed by atoms with E-state index in [9.17, 15) is 9.59 Å². The van der Waals surface area contributed by atoms with Crippen molar-refractivity contribution in [2.45, 2.75) is 19.4 Å². The molecule has 7 nitrogen and oxygen atoms in total. The van der Waals surface area contributed by atoms with Gasteiger partial charge in [-0.1, -0.05) is 11.6 Å². The fourth-order valence-corrected chi connectivity index (χ4v) is 2.08. The smallest absolute Gasteiger partial charge is 0.325 e. The minimum absolute atomic E-state index is 0.0755. The number of hydrogen-bond donors (Lipinski definition) is 1. The van der Waals surface area contributed by atoms with Crippen LogP contribution in [0.3, 0.4) is 0 Å². The number of carbonyl (C=O) groups excluding carboxylic acids is 2. The molecule has 2 heterocycles. The molecule has 1 saturated heterocycles. The molecular formula is C14H17ClN2O5. The maximum absolute atomic E-state index is 11.9. The summed E-state index contributed by atoms with van der Waals surface area (Å²) in [5, 5.41) is 2.66.